The zero-order valence-electron chi connectivity index (χ0n) is 19.6. The summed E-state index contributed by atoms with van der Waals surface area (Å²) in [6, 6.07) is 11.2. The Hall–Kier alpha value is -3.71. The smallest absolute Gasteiger partial charge is 0.196 e. The average Bonchev–Trinajstić information content (AvgIpc) is 3.18. The molecule has 0 aliphatic heterocycles. The molecule has 0 fully saturated rings. The van der Waals surface area contributed by atoms with Crippen LogP contribution < -0.4 is 10.7 Å². The predicted molar refractivity (Wildman–Crippen MR) is 135 cm³/mol. The summed E-state index contributed by atoms with van der Waals surface area (Å²) >= 11 is 6.02. The second-order valence-electron chi connectivity index (χ2n) is 8.62. The number of aryl methyl sites for hydroxylation is 3. The van der Waals surface area contributed by atoms with E-state index in [0.29, 0.717) is 33.1 Å². The minimum absolute atomic E-state index is 0.0641. The van der Waals surface area contributed by atoms with Gasteiger partial charge >= 0.3 is 0 Å². The maximum Gasteiger partial charge on any atom is 0.196 e. The number of fused-ring (bicyclic) bond motifs is 2. The normalized spacial score (nSPS) is 12.4. The molecule has 1 atom stereocenters. The Morgan fingerprint density at radius 2 is 1.88 bits per heavy atom. The van der Waals surface area contributed by atoms with Gasteiger partial charge in [0.25, 0.3) is 0 Å². The van der Waals surface area contributed by atoms with Gasteiger partial charge in [-0.25, -0.2) is 9.97 Å². The molecule has 0 unspecified atom stereocenters. The van der Waals surface area contributed by atoms with Gasteiger partial charge in [-0.2, -0.15) is 5.10 Å². The minimum atomic E-state index is -0.156. The lowest BCUT2D eigenvalue weighted by Gasteiger charge is -2.19. The third-order valence-corrected chi connectivity index (χ3v) is 6.33. The fourth-order valence-electron chi connectivity index (χ4n) is 4.29. The van der Waals surface area contributed by atoms with E-state index in [2.05, 4.69) is 15.4 Å². The maximum absolute atomic E-state index is 13.4. The molecule has 0 aliphatic carbocycles. The molecule has 1 N–H and O–H groups in total. The average molecular weight is 474 g/mol. The van der Waals surface area contributed by atoms with Crippen molar-refractivity contribution in [2.24, 2.45) is 7.05 Å². The van der Waals surface area contributed by atoms with Gasteiger partial charge in [-0.05, 0) is 63.6 Å². The van der Waals surface area contributed by atoms with Crippen LogP contribution in [0.1, 0.15) is 35.3 Å². The van der Waals surface area contributed by atoms with Gasteiger partial charge < -0.3 is 9.73 Å². The molecule has 8 heteroatoms. The third-order valence-electron chi connectivity index (χ3n) is 6.12. The van der Waals surface area contributed by atoms with Gasteiger partial charge in [-0.15, -0.1) is 0 Å². The van der Waals surface area contributed by atoms with Crippen LogP contribution in [-0.2, 0) is 7.05 Å². The van der Waals surface area contributed by atoms with Crippen molar-refractivity contribution >= 4 is 39.3 Å². The number of benzene rings is 1. The van der Waals surface area contributed by atoms with Crippen molar-refractivity contribution in [3.05, 3.63) is 80.4 Å². The highest BCUT2D eigenvalue weighted by Crippen LogP contribution is 2.32. The fraction of sp³-hybridized carbons (Fsp3) is 0.231. The Morgan fingerprint density at radius 1 is 1.09 bits per heavy atom. The van der Waals surface area contributed by atoms with Crippen molar-refractivity contribution in [3.63, 3.8) is 0 Å². The molecule has 1 aromatic carbocycles. The van der Waals surface area contributed by atoms with Crippen molar-refractivity contribution in [1.29, 1.82) is 0 Å². The van der Waals surface area contributed by atoms with Gasteiger partial charge in [-0.3, -0.25) is 9.48 Å². The number of nitrogens with zero attached hydrogens (tertiary/aromatic N) is 4. The second kappa shape index (κ2) is 8.25. The number of hydrogen-bond donors (Lipinski definition) is 1. The minimum Gasteiger partial charge on any atom is -0.454 e. The molecule has 5 aromatic rings. The number of anilines is 1. The number of pyridine rings is 2. The lowest BCUT2D eigenvalue weighted by atomic mass is 9.99. The summed E-state index contributed by atoms with van der Waals surface area (Å²) in [6.45, 7) is 7.69. The van der Waals surface area contributed by atoms with Crippen molar-refractivity contribution in [3.8, 4) is 11.5 Å². The first-order valence-electron chi connectivity index (χ1n) is 11.0. The SMILES string of the molecule is Cc1cc([C@@H](C)Nc2ccc(Cl)nc2C)c2oc(-c3ccc4c(cnn4C)n3)c(C)c(=O)c2c1. The van der Waals surface area contributed by atoms with Crippen LogP contribution in [0.15, 0.2) is 51.8 Å². The van der Waals surface area contributed by atoms with Gasteiger partial charge in [-0.1, -0.05) is 17.7 Å². The van der Waals surface area contributed by atoms with E-state index in [0.717, 1.165) is 33.5 Å². The number of nitrogens with one attached hydrogen (secondary N) is 1. The van der Waals surface area contributed by atoms with Crippen LogP contribution >= 0.6 is 11.6 Å². The van der Waals surface area contributed by atoms with Crippen LogP contribution in [0, 0.1) is 20.8 Å². The molecule has 5 rings (SSSR count). The fourth-order valence-corrected chi connectivity index (χ4v) is 4.48. The number of rotatable bonds is 4. The summed E-state index contributed by atoms with van der Waals surface area (Å²) in [4.78, 5) is 22.4. The van der Waals surface area contributed by atoms with Crippen molar-refractivity contribution < 1.29 is 4.42 Å². The first-order valence-corrected chi connectivity index (χ1v) is 11.4. The van der Waals surface area contributed by atoms with Crippen LogP contribution in [0.5, 0.6) is 0 Å². The van der Waals surface area contributed by atoms with Crippen LogP contribution in [0.3, 0.4) is 0 Å². The van der Waals surface area contributed by atoms with E-state index in [4.69, 9.17) is 21.0 Å². The van der Waals surface area contributed by atoms with Gasteiger partial charge in [0.2, 0.25) is 0 Å². The van der Waals surface area contributed by atoms with Gasteiger partial charge in [0.1, 0.15) is 21.9 Å². The Labute approximate surface area is 201 Å². The molecule has 0 amide bonds. The summed E-state index contributed by atoms with van der Waals surface area (Å²) in [7, 11) is 1.87. The number of halogens is 1. The van der Waals surface area contributed by atoms with Gasteiger partial charge in [0, 0.05) is 18.2 Å². The molecule has 7 nitrogen and oxygen atoms in total. The van der Waals surface area contributed by atoms with E-state index in [-0.39, 0.29) is 11.5 Å². The standard InChI is InChI=1S/C26H24ClN5O2/c1-13-10-17(15(3)29-19-7-9-23(27)30-16(19)4)26-18(11-13)24(33)14(2)25(34-26)20-6-8-22-21(31-20)12-28-32(22)5/h6-12,15,29H,1-5H3/t15-/m1/s1. The number of hydrogen-bond acceptors (Lipinski definition) is 6. The van der Waals surface area contributed by atoms with Gasteiger partial charge in [0.05, 0.1) is 34.5 Å². The van der Waals surface area contributed by atoms with E-state index in [1.807, 2.05) is 58.2 Å². The van der Waals surface area contributed by atoms with Crippen LogP contribution in [-0.4, -0.2) is 19.7 Å². The molecule has 0 bridgehead atoms. The Kier molecular flexibility index (Phi) is 5.37. The Balaban J connectivity index is 1.68. The topological polar surface area (TPSA) is 85.8 Å². The first-order chi connectivity index (χ1) is 16.2. The summed E-state index contributed by atoms with van der Waals surface area (Å²) in [5.74, 6) is 0.463. The lowest BCUT2D eigenvalue weighted by molar-refractivity contribution is 0.603. The molecule has 0 radical (unpaired) electrons. The largest absolute Gasteiger partial charge is 0.454 e. The molecular weight excluding hydrogens is 450 g/mol. The molecule has 0 aliphatic rings. The third kappa shape index (κ3) is 3.72. The first kappa shape index (κ1) is 22.1. The van der Waals surface area contributed by atoms with E-state index in [9.17, 15) is 4.79 Å². The second-order valence-corrected chi connectivity index (χ2v) is 9.01. The highest BCUT2D eigenvalue weighted by molar-refractivity contribution is 6.29. The van der Waals surface area contributed by atoms with E-state index >= 15 is 0 Å². The zero-order valence-corrected chi connectivity index (χ0v) is 20.4. The summed E-state index contributed by atoms with van der Waals surface area (Å²) in [6.07, 6.45) is 1.70. The van der Waals surface area contributed by atoms with Gasteiger partial charge in [0.15, 0.2) is 11.2 Å². The summed E-state index contributed by atoms with van der Waals surface area (Å²) in [5, 5.41) is 8.74. The molecule has 0 spiro atoms. The van der Waals surface area contributed by atoms with Crippen molar-refractivity contribution in [2.45, 2.75) is 33.7 Å². The lowest BCUT2D eigenvalue weighted by Crippen LogP contribution is -2.13. The van der Waals surface area contributed by atoms with E-state index in [1.165, 1.54) is 0 Å². The summed E-state index contributed by atoms with van der Waals surface area (Å²) in [5.41, 5.74) is 6.78. The zero-order chi connectivity index (χ0) is 24.1. The van der Waals surface area contributed by atoms with Crippen LogP contribution in [0.4, 0.5) is 5.69 Å². The maximum atomic E-state index is 13.4. The van der Waals surface area contributed by atoms with E-state index in [1.54, 1.807) is 23.9 Å². The monoisotopic (exact) mass is 473 g/mol. The Bertz CT molecular complexity index is 1640. The molecular formula is C26H24ClN5O2. The molecule has 4 aromatic heterocycles. The van der Waals surface area contributed by atoms with Crippen molar-refractivity contribution in [1.82, 2.24) is 19.7 Å². The molecule has 172 valence electrons. The predicted octanol–water partition coefficient (Wildman–Crippen LogP) is 5.89. The number of aromatic nitrogens is 4. The summed E-state index contributed by atoms with van der Waals surface area (Å²) < 4.78 is 8.20. The highest BCUT2D eigenvalue weighted by atomic mass is 35.5. The highest BCUT2D eigenvalue weighted by Gasteiger charge is 2.20. The molecule has 34 heavy (non-hydrogen) atoms. The molecule has 4 heterocycles. The van der Waals surface area contributed by atoms with Crippen LogP contribution in [0.2, 0.25) is 5.15 Å². The molecule has 0 saturated carbocycles. The molecule has 0 saturated heterocycles. The van der Waals surface area contributed by atoms with E-state index < -0.39 is 0 Å². The quantitative estimate of drug-likeness (QED) is 0.327. The van der Waals surface area contributed by atoms with Crippen LogP contribution in [0.25, 0.3) is 33.5 Å². The van der Waals surface area contributed by atoms with Crippen molar-refractivity contribution in [2.75, 3.05) is 5.32 Å². The Morgan fingerprint density at radius 3 is 2.65 bits per heavy atom.